The second-order valence-electron chi connectivity index (χ2n) is 8.28. The number of fused-ring (bicyclic) bond motifs is 4. The molecule has 1 aromatic heterocycles. The average molecular weight is 516 g/mol. The van der Waals surface area contributed by atoms with Gasteiger partial charge in [-0.05, 0) is 54.2 Å². The molecule has 3 aromatic rings. The van der Waals surface area contributed by atoms with E-state index in [-0.39, 0.29) is 5.69 Å². The number of carbonyl (C=O) groups excluding carboxylic acids is 1. The van der Waals surface area contributed by atoms with Gasteiger partial charge in [0.05, 0.1) is 6.04 Å². The van der Waals surface area contributed by atoms with Gasteiger partial charge < -0.3 is 10.0 Å². The first-order valence-electron chi connectivity index (χ1n) is 10.5. The average Bonchev–Trinajstić information content (AvgIpc) is 2.78. The maximum absolute atomic E-state index is 14.5. The van der Waals surface area contributed by atoms with Crippen molar-refractivity contribution in [1.29, 1.82) is 0 Å². The summed E-state index contributed by atoms with van der Waals surface area (Å²) in [7, 11) is 1.62. The lowest BCUT2D eigenvalue weighted by molar-refractivity contribution is 0.0600. The molecule has 0 fully saturated rings. The third-order valence-electron chi connectivity index (χ3n) is 6.43. The van der Waals surface area contributed by atoms with E-state index in [0.29, 0.717) is 30.4 Å². The molecule has 2 unspecified atom stereocenters. The molecule has 3 heterocycles. The van der Waals surface area contributed by atoms with Gasteiger partial charge in [-0.25, -0.2) is 8.78 Å². The van der Waals surface area contributed by atoms with Crippen LogP contribution in [-0.4, -0.2) is 33.8 Å². The maximum Gasteiger partial charge on any atom is 0.277 e. The number of hydrogen-bond donors (Lipinski definition) is 1. The molecule has 6 nitrogen and oxygen atoms in total. The maximum atomic E-state index is 14.5. The van der Waals surface area contributed by atoms with Crippen LogP contribution < -0.4 is 10.4 Å². The minimum atomic E-state index is -0.965. The summed E-state index contributed by atoms with van der Waals surface area (Å²) in [6, 6.07) is 10.4. The molecular formula is C24H20BrF2N3O3. The summed E-state index contributed by atoms with van der Waals surface area (Å²) in [6.45, 7) is 0. The number of pyridine rings is 1. The highest BCUT2D eigenvalue weighted by atomic mass is 79.9. The Labute approximate surface area is 196 Å². The van der Waals surface area contributed by atoms with E-state index in [2.05, 4.69) is 15.9 Å². The highest BCUT2D eigenvalue weighted by molar-refractivity contribution is 9.10. The molecule has 170 valence electrons. The van der Waals surface area contributed by atoms with E-state index in [1.165, 1.54) is 34.0 Å². The molecule has 0 bridgehead atoms. The second kappa shape index (κ2) is 7.98. The number of benzene rings is 2. The van der Waals surface area contributed by atoms with Crippen LogP contribution in [0.3, 0.4) is 0 Å². The van der Waals surface area contributed by atoms with Gasteiger partial charge in [-0.3, -0.25) is 19.3 Å². The van der Waals surface area contributed by atoms with Gasteiger partial charge in [0.2, 0.25) is 5.43 Å². The highest BCUT2D eigenvalue weighted by Gasteiger charge is 2.43. The Bertz CT molecular complexity index is 1340. The summed E-state index contributed by atoms with van der Waals surface area (Å²) in [5.74, 6) is -3.01. The zero-order valence-corrected chi connectivity index (χ0v) is 19.2. The van der Waals surface area contributed by atoms with Gasteiger partial charge in [0, 0.05) is 23.8 Å². The van der Waals surface area contributed by atoms with Crippen LogP contribution in [0.1, 0.15) is 46.1 Å². The predicted molar refractivity (Wildman–Crippen MR) is 122 cm³/mol. The molecule has 2 aromatic carbocycles. The van der Waals surface area contributed by atoms with Crippen molar-refractivity contribution in [3.05, 3.63) is 97.4 Å². The molecule has 0 saturated heterocycles. The van der Waals surface area contributed by atoms with Crippen molar-refractivity contribution in [2.75, 3.05) is 12.1 Å². The number of aromatic hydroxyl groups is 1. The predicted octanol–water partition coefficient (Wildman–Crippen LogP) is 4.07. The molecule has 9 heteroatoms. The molecule has 5 rings (SSSR count). The zero-order chi connectivity index (χ0) is 23.4. The molecule has 1 N–H and O–H groups in total. The lowest BCUT2D eigenvalue weighted by atomic mass is 9.88. The van der Waals surface area contributed by atoms with Crippen LogP contribution in [0.5, 0.6) is 5.75 Å². The molecule has 2 atom stereocenters. The number of nitrogens with zero attached hydrogens (tertiary/aromatic N) is 3. The number of aryl methyl sites for hydroxylation is 1. The third-order valence-corrected chi connectivity index (χ3v) is 7.15. The summed E-state index contributed by atoms with van der Waals surface area (Å²) < 4.78 is 31.0. The molecular weight excluding hydrogens is 496 g/mol. The fraction of sp³-hybridized carbons (Fsp3) is 0.250. The molecule has 0 spiro atoms. The number of rotatable bonds is 1. The summed E-state index contributed by atoms with van der Waals surface area (Å²) in [4.78, 5) is 26.8. The Morgan fingerprint density at radius 1 is 1.06 bits per heavy atom. The van der Waals surface area contributed by atoms with Crippen molar-refractivity contribution in [3.8, 4) is 5.75 Å². The number of aromatic nitrogens is 1. The Hall–Kier alpha value is -3.20. The fourth-order valence-corrected chi connectivity index (χ4v) is 5.36. The number of amides is 1. The van der Waals surface area contributed by atoms with Crippen LogP contribution in [-0.2, 0) is 6.42 Å². The smallest absolute Gasteiger partial charge is 0.277 e. The minimum Gasteiger partial charge on any atom is -0.502 e. The van der Waals surface area contributed by atoms with E-state index in [0.717, 1.165) is 10.0 Å². The number of carbonyl (C=O) groups is 1. The Kier molecular flexibility index (Phi) is 5.23. The molecule has 2 aliphatic heterocycles. The van der Waals surface area contributed by atoms with E-state index < -0.39 is 40.9 Å². The minimum absolute atomic E-state index is 0.164. The van der Waals surface area contributed by atoms with Crippen LogP contribution >= 0.6 is 15.9 Å². The summed E-state index contributed by atoms with van der Waals surface area (Å²) in [6.07, 6.45) is 2.68. The summed E-state index contributed by atoms with van der Waals surface area (Å²) in [5.41, 5.74) is 1.16. The van der Waals surface area contributed by atoms with Crippen molar-refractivity contribution < 1.29 is 18.7 Å². The van der Waals surface area contributed by atoms with Gasteiger partial charge in [0.15, 0.2) is 23.1 Å². The molecule has 0 saturated carbocycles. The van der Waals surface area contributed by atoms with E-state index in [1.807, 2.05) is 29.3 Å². The summed E-state index contributed by atoms with van der Waals surface area (Å²) in [5, 5.41) is 12.4. The first kappa shape index (κ1) is 21.6. The zero-order valence-electron chi connectivity index (χ0n) is 17.6. The van der Waals surface area contributed by atoms with Gasteiger partial charge in [0.1, 0.15) is 6.17 Å². The summed E-state index contributed by atoms with van der Waals surface area (Å²) >= 11 is 3.59. The fourth-order valence-electron chi connectivity index (χ4n) is 4.85. The lowest BCUT2D eigenvalue weighted by Gasteiger charge is -2.50. The van der Waals surface area contributed by atoms with Crippen LogP contribution in [0.4, 0.5) is 8.78 Å². The first-order valence-corrected chi connectivity index (χ1v) is 11.3. The largest absolute Gasteiger partial charge is 0.502 e. The highest BCUT2D eigenvalue weighted by Crippen LogP contribution is 2.41. The monoisotopic (exact) mass is 515 g/mol. The van der Waals surface area contributed by atoms with Crippen LogP contribution in [0.15, 0.2) is 57.9 Å². The van der Waals surface area contributed by atoms with E-state index in [4.69, 9.17) is 0 Å². The normalized spacial score (nSPS) is 19.9. The molecule has 1 amide bonds. The van der Waals surface area contributed by atoms with Gasteiger partial charge in [-0.2, -0.15) is 0 Å². The van der Waals surface area contributed by atoms with Crippen molar-refractivity contribution in [2.45, 2.75) is 31.5 Å². The van der Waals surface area contributed by atoms with Crippen molar-refractivity contribution in [2.24, 2.45) is 0 Å². The van der Waals surface area contributed by atoms with Crippen molar-refractivity contribution in [3.63, 3.8) is 0 Å². The molecule has 33 heavy (non-hydrogen) atoms. The third kappa shape index (κ3) is 3.33. The van der Waals surface area contributed by atoms with Crippen LogP contribution in [0.2, 0.25) is 0 Å². The van der Waals surface area contributed by atoms with E-state index in [1.54, 1.807) is 7.05 Å². The molecule has 2 aliphatic rings. The Morgan fingerprint density at radius 2 is 1.79 bits per heavy atom. The van der Waals surface area contributed by atoms with Crippen molar-refractivity contribution >= 4 is 21.8 Å². The topological polar surface area (TPSA) is 65.8 Å². The number of hydrogen-bond acceptors (Lipinski definition) is 4. The van der Waals surface area contributed by atoms with Crippen LogP contribution in [0.25, 0.3) is 0 Å². The number of halogens is 3. The van der Waals surface area contributed by atoms with Crippen molar-refractivity contribution in [1.82, 2.24) is 9.58 Å². The molecule has 0 aliphatic carbocycles. The van der Waals surface area contributed by atoms with Gasteiger partial charge in [-0.15, -0.1) is 0 Å². The second-order valence-corrected chi connectivity index (χ2v) is 9.13. The standard InChI is InChI=1S/C24H20BrF2N3O3/c1-28-20-8-4-5-13-11-17(26)18(27)12-15(13)21(14-6-2-3-7-16(14)25)30(20)29-10-9-19(31)23(32)22(29)24(28)33/h2-3,6-7,9-12,20-21,32H,4-5,8H2,1H3. The quantitative estimate of drug-likeness (QED) is 0.530. The first-order chi connectivity index (χ1) is 15.8. The van der Waals surface area contributed by atoms with Gasteiger partial charge in [-0.1, -0.05) is 34.1 Å². The Balaban J connectivity index is 1.87. The Morgan fingerprint density at radius 3 is 2.55 bits per heavy atom. The van der Waals surface area contributed by atoms with E-state index >= 15 is 0 Å². The lowest BCUT2D eigenvalue weighted by Crippen LogP contribution is -2.61. The molecule has 0 radical (unpaired) electrons. The van der Waals surface area contributed by atoms with Crippen LogP contribution in [0, 0.1) is 11.6 Å². The van der Waals surface area contributed by atoms with Gasteiger partial charge >= 0.3 is 0 Å². The van der Waals surface area contributed by atoms with Gasteiger partial charge in [0.25, 0.3) is 5.91 Å². The SMILES string of the molecule is CN1C(=O)c2c(O)c(=O)ccn2N2C(c3ccccc3Br)c3cc(F)c(F)cc3CCCC12. The van der Waals surface area contributed by atoms with E-state index in [9.17, 15) is 23.5 Å².